The second-order valence-corrected chi connectivity index (χ2v) is 2.66. The molecule has 2 rings (SSSR count). The summed E-state index contributed by atoms with van der Waals surface area (Å²) in [6.45, 7) is 0.829. The molecule has 2 heterocycles. The Morgan fingerprint density at radius 3 is 3.50 bits per heavy atom. The molecule has 0 saturated heterocycles. The third kappa shape index (κ3) is 0.806. The molecule has 1 aromatic rings. The van der Waals surface area contributed by atoms with E-state index < -0.39 is 0 Å². The van der Waals surface area contributed by atoms with Crippen LogP contribution < -0.4 is 5.73 Å². The molecule has 1 atom stereocenters. The highest BCUT2D eigenvalue weighted by Crippen LogP contribution is 2.08. The van der Waals surface area contributed by atoms with Crippen molar-refractivity contribution in [2.45, 2.75) is 25.4 Å². The van der Waals surface area contributed by atoms with Gasteiger partial charge in [0.1, 0.15) is 12.2 Å². The molecule has 0 amide bonds. The van der Waals surface area contributed by atoms with Crippen molar-refractivity contribution < 1.29 is 0 Å². The van der Waals surface area contributed by atoms with Crippen LogP contribution in [0.3, 0.4) is 0 Å². The topological polar surface area (TPSA) is 56.7 Å². The maximum absolute atomic E-state index is 5.72. The van der Waals surface area contributed by atoms with Gasteiger partial charge in [0.2, 0.25) is 0 Å². The van der Waals surface area contributed by atoms with Crippen LogP contribution in [0.2, 0.25) is 0 Å². The van der Waals surface area contributed by atoms with Gasteiger partial charge < -0.3 is 5.73 Å². The molecule has 54 valence electrons. The quantitative estimate of drug-likeness (QED) is 0.528. The molecule has 0 unspecified atom stereocenters. The van der Waals surface area contributed by atoms with E-state index in [2.05, 4.69) is 10.1 Å². The first-order valence-corrected chi connectivity index (χ1v) is 3.48. The molecule has 10 heavy (non-hydrogen) atoms. The second-order valence-electron chi connectivity index (χ2n) is 2.66. The van der Waals surface area contributed by atoms with E-state index in [1.54, 1.807) is 6.33 Å². The van der Waals surface area contributed by atoms with Crippen LogP contribution in [0, 0.1) is 0 Å². The van der Waals surface area contributed by atoms with Crippen molar-refractivity contribution in [3.8, 4) is 0 Å². The van der Waals surface area contributed by atoms with Crippen molar-refractivity contribution in [2.75, 3.05) is 0 Å². The normalized spacial score (nSPS) is 24.3. The fraction of sp³-hybridized carbons (Fsp3) is 0.667. The smallest absolute Gasteiger partial charge is 0.138 e. The van der Waals surface area contributed by atoms with Crippen molar-refractivity contribution in [2.24, 2.45) is 5.73 Å². The second kappa shape index (κ2) is 2.05. The van der Waals surface area contributed by atoms with Crippen LogP contribution >= 0.6 is 0 Å². The summed E-state index contributed by atoms with van der Waals surface area (Å²) in [7, 11) is 0. The molecule has 1 aliphatic heterocycles. The highest BCUT2D eigenvalue weighted by atomic mass is 15.3. The van der Waals surface area contributed by atoms with Gasteiger partial charge in [-0.3, -0.25) is 0 Å². The SMILES string of the molecule is N[C@H]1CCc2ncnn2C1. The van der Waals surface area contributed by atoms with Gasteiger partial charge in [-0.05, 0) is 6.42 Å². The molecular formula is C6H10N4. The van der Waals surface area contributed by atoms with E-state index in [4.69, 9.17) is 5.73 Å². The fourth-order valence-corrected chi connectivity index (χ4v) is 1.26. The van der Waals surface area contributed by atoms with Crippen LogP contribution in [0.25, 0.3) is 0 Å². The van der Waals surface area contributed by atoms with Gasteiger partial charge in [0, 0.05) is 12.5 Å². The van der Waals surface area contributed by atoms with Crippen molar-refractivity contribution in [1.82, 2.24) is 14.8 Å². The lowest BCUT2D eigenvalue weighted by Crippen LogP contribution is -2.32. The maximum Gasteiger partial charge on any atom is 0.138 e. The molecule has 2 N–H and O–H groups in total. The zero-order valence-electron chi connectivity index (χ0n) is 5.70. The molecule has 0 aliphatic carbocycles. The Kier molecular flexibility index (Phi) is 1.20. The van der Waals surface area contributed by atoms with Crippen molar-refractivity contribution >= 4 is 0 Å². The lowest BCUT2D eigenvalue weighted by molar-refractivity contribution is 0.422. The molecule has 1 aromatic heterocycles. The van der Waals surface area contributed by atoms with Crippen LogP contribution in [0.15, 0.2) is 6.33 Å². The third-order valence-electron chi connectivity index (χ3n) is 1.84. The number of aryl methyl sites for hydroxylation is 1. The van der Waals surface area contributed by atoms with Crippen LogP contribution in [0.5, 0.6) is 0 Å². The summed E-state index contributed by atoms with van der Waals surface area (Å²) in [6.07, 6.45) is 3.60. The van der Waals surface area contributed by atoms with Crippen LogP contribution in [0.4, 0.5) is 0 Å². The van der Waals surface area contributed by atoms with E-state index in [-0.39, 0.29) is 6.04 Å². The number of nitrogens with two attached hydrogens (primary N) is 1. The summed E-state index contributed by atoms with van der Waals surface area (Å²) in [4.78, 5) is 4.09. The van der Waals surface area contributed by atoms with Crippen LogP contribution in [0.1, 0.15) is 12.2 Å². The first-order chi connectivity index (χ1) is 4.86. The maximum atomic E-state index is 5.72. The lowest BCUT2D eigenvalue weighted by atomic mass is 10.1. The number of rotatable bonds is 0. The zero-order valence-corrected chi connectivity index (χ0v) is 5.70. The molecule has 1 aliphatic rings. The summed E-state index contributed by atoms with van der Waals surface area (Å²) in [5, 5.41) is 4.03. The van der Waals surface area contributed by atoms with E-state index in [0.29, 0.717) is 0 Å². The van der Waals surface area contributed by atoms with Gasteiger partial charge in [0.15, 0.2) is 0 Å². The highest BCUT2D eigenvalue weighted by Gasteiger charge is 2.15. The number of hydrogen-bond acceptors (Lipinski definition) is 3. The average Bonchev–Trinajstić information content (AvgIpc) is 2.33. The standard InChI is InChI=1S/C6H10N4/c7-5-1-2-6-8-4-9-10(6)3-5/h4-5H,1-3,7H2/t5-/m0/s1. The summed E-state index contributed by atoms with van der Waals surface area (Å²) < 4.78 is 1.88. The monoisotopic (exact) mass is 138 g/mol. The number of nitrogens with zero attached hydrogens (tertiary/aromatic N) is 3. The van der Waals surface area contributed by atoms with Gasteiger partial charge in [-0.15, -0.1) is 0 Å². The van der Waals surface area contributed by atoms with E-state index >= 15 is 0 Å². The van der Waals surface area contributed by atoms with Gasteiger partial charge in [-0.2, -0.15) is 5.10 Å². The lowest BCUT2D eigenvalue weighted by Gasteiger charge is -2.17. The third-order valence-corrected chi connectivity index (χ3v) is 1.84. The van der Waals surface area contributed by atoms with Gasteiger partial charge in [-0.1, -0.05) is 0 Å². The summed E-state index contributed by atoms with van der Waals surface area (Å²) in [5.74, 6) is 1.07. The van der Waals surface area contributed by atoms with Crippen molar-refractivity contribution in [3.63, 3.8) is 0 Å². The Labute approximate surface area is 59.1 Å². The summed E-state index contributed by atoms with van der Waals surface area (Å²) >= 11 is 0. The van der Waals surface area contributed by atoms with Gasteiger partial charge in [0.05, 0.1) is 6.54 Å². The molecule has 0 aromatic carbocycles. The minimum absolute atomic E-state index is 0.272. The molecule has 0 bridgehead atoms. The number of fused-ring (bicyclic) bond motifs is 1. The average molecular weight is 138 g/mol. The molecule has 0 spiro atoms. The van der Waals surface area contributed by atoms with Gasteiger partial charge >= 0.3 is 0 Å². The highest BCUT2D eigenvalue weighted by molar-refractivity contribution is 4.90. The molecule has 0 saturated carbocycles. The first kappa shape index (κ1) is 5.85. The fourth-order valence-electron chi connectivity index (χ4n) is 1.26. The van der Waals surface area contributed by atoms with Crippen LogP contribution in [-0.4, -0.2) is 20.8 Å². The molecule has 0 fully saturated rings. The van der Waals surface area contributed by atoms with Gasteiger partial charge in [-0.25, -0.2) is 9.67 Å². The Bertz CT molecular complexity index is 229. The molecular weight excluding hydrogens is 128 g/mol. The predicted molar refractivity (Wildman–Crippen MR) is 36.3 cm³/mol. The van der Waals surface area contributed by atoms with E-state index in [9.17, 15) is 0 Å². The van der Waals surface area contributed by atoms with Crippen molar-refractivity contribution in [1.29, 1.82) is 0 Å². The summed E-state index contributed by atoms with van der Waals surface area (Å²) in [5.41, 5.74) is 5.72. The van der Waals surface area contributed by atoms with E-state index in [1.807, 2.05) is 4.68 Å². The largest absolute Gasteiger partial charge is 0.326 e. The first-order valence-electron chi connectivity index (χ1n) is 3.48. The number of hydrogen-bond donors (Lipinski definition) is 1. The minimum atomic E-state index is 0.272. The molecule has 4 heteroatoms. The Hall–Kier alpha value is -0.900. The number of aromatic nitrogens is 3. The Balaban J connectivity index is 2.30. The Morgan fingerprint density at radius 2 is 2.60 bits per heavy atom. The Morgan fingerprint density at radius 1 is 1.70 bits per heavy atom. The molecule has 0 radical (unpaired) electrons. The van der Waals surface area contributed by atoms with E-state index in [1.165, 1.54) is 0 Å². The zero-order chi connectivity index (χ0) is 6.97. The summed E-state index contributed by atoms with van der Waals surface area (Å²) in [6, 6.07) is 0.272. The van der Waals surface area contributed by atoms with Crippen LogP contribution in [-0.2, 0) is 13.0 Å². The predicted octanol–water partition coefficient (Wildman–Crippen LogP) is -0.448. The molecule has 4 nitrogen and oxygen atoms in total. The van der Waals surface area contributed by atoms with Gasteiger partial charge in [0.25, 0.3) is 0 Å². The minimum Gasteiger partial charge on any atom is -0.326 e. The van der Waals surface area contributed by atoms with Crippen molar-refractivity contribution in [3.05, 3.63) is 12.2 Å². The van der Waals surface area contributed by atoms with E-state index in [0.717, 1.165) is 25.2 Å².